The van der Waals surface area contributed by atoms with Crippen molar-refractivity contribution in [2.75, 3.05) is 13.2 Å². The topological polar surface area (TPSA) is 361 Å². The maximum absolute atomic E-state index is 12.5. The van der Waals surface area contributed by atoms with Gasteiger partial charge in [-0.05, 0) is 35.9 Å². The molecule has 326 valence electrons. The number of aromatic hydroxyl groups is 5. The van der Waals surface area contributed by atoms with Gasteiger partial charge < -0.3 is 89.7 Å². The van der Waals surface area contributed by atoms with Crippen molar-refractivity contribution >= 4 is 35.0 Å². The summed E-state index contributed by atoms with van der Waals surface area (Å²) < 4.78 is 39.2. The lowest BCUT2D eigenvalue weighted by Gasteiger charge is -2.40. The summed E-state index contributed by atoms with van der Waals surface area (Å²) in [7, 11) is 0. The fraction of sp³-hybridized carbons (Fsp3) is 0.333. The molecule has 0 aliphatic carbocycles. The second-order valence-corrected chi connectivity index (χ2v) is 13.7. The van der Waals surface area contributed by atoms with E-state index < -0.39 is 122 Å². The van der Waals surface area contributed by atoms with Crippen LogP contribution < -0.4 is 9.47 Å². The summed E-state index contributed by atoms with van der Waals surface area (Å²) >= 11 is 0. The van der Waals surface area contributed by atoms with E-state index in [2.05, 4.69) is 0 Å². The van der Waals surface area contributed by atoms with Crippen LogP contribution in [0.4, 0.5) is 0 Å². The van der Waals surface area contributed by atoms with E-state index in [-0.39, 0.29) is 39.5 Å². The number of phenols is 5. The summed E-state index contributed by atoms with van der Waals surface area (Å²) in [6, 6.07) is 10.5. The molecule has 6 rings (SSSR count). The molecule has 10 atom stereocenters. The molecule has 0 radical (unpaired) electrons. The van der Waals surface area contributed by atoms with Crippen LogP contribution in [-0.2, 0) is 33.3 Å². The van der Waals surface area contributed by atoms with Gasteiger partial charge in [0.05, 0.1) is 11.6 Å². The van der Waals surface area contributed by atoms with Gasteiger partial charge in [0.2, 0.25) is 18.3 Å². The highest BCUT2D eigenvalue weighted by molar-refractivity contribution is 5.90. The molecule has 0 spiro atoms. The van der Waals surface area contributed by atoms with Gasteiger partial charge in [-0.2, -0.15) is 0 Å². The normalized spacial score (nSPS) is 26.5. The van der Waals surface area contributed by atoms with Gasteiger partial charge in [-0.25, -0.2) is 9.21 Å². The van der Waals surface area contributed by atoms with Crippen molar-refractivity contribution in [2.24, 2.45) is 0 Å². The third-order valence-corrected chi connectivity index (χ3v) is 9.37. The van der Waals surface area contributed by atoms with Crippen molar-refractivity contribution in [1.82, 2.24) is 0 Å². The van der Waals surface area contributed by atoms with E-state index in [9.17, 15) is 70.6 Å². The number of aliphatic carboxylic acids is 1. The third kappa shape index (κ3) is 10.1. The summed E-state index contributed by atoms with van der Waals surface area (Å²) in [5.74, 6) is -7.09. The molecule has 1 aromatic heterocycles. The van der Waals surface area contributed by atoms with Crippen LogP contribution in [0.3, 0.4) is 0 Å². The van der Waals surface area contributed by atoms with Crippen molar-refractivity contribution in [3.05, 3.63) is 66.2 Å². The zero-order chi connectivity index (χ0) is 44.3. The Morgan fingerprint density at radius 3 is 1.80 bits per heavy atom. The molecule has 10 unspecified atom stereocenters. The molecule has 0 amide bonds. The minimum atomic E-state index is -1.99. The number of benzene rings is 3. The van der Waals surface area contributed by atoms with E-state index in [0.29, 0.717) is 5.56 Å². The number of aliphatic hydroxyl groups is 6. The average Bonchev–Trinajstić information content (AvgIpc) is 3.21. The number of phenolic OH excluding ortho intramolecular Hbond substituents is 5. The maximum Gasteiger partial charge on any atom is 0.402 e. The molecule has 3 aromatic carbocycles. The summed E-state index contributed by atoms with van der Waals surface area (Å²) in [5, 5.41) is 123. The molecular formula is C39H39O22+. The van der Waals surface area contributed by atoms with Crippen LogP contribution in [0.25, 0.3) is 28.4 Å². The molecular weight excluding hydrogens is 820 g/mol. The number of carbonyl (C=O) groups is 3. The van der Waals surface area contributed by atoms with Gasteiger partial charge >= 0.3 is 29.3 Å². The van der Waals surface area contributed by atoms with Crippen molar-refractivity contribution in [1.29, 1.82) is 0 Å². The smallest absolute Gasteiger partial charge is 0.402 e. The average molecular weight is 860 g/mol. The van der Waals surface area contributed by atoms with Gasteiger partial charge in [0.1, 0.15) is 85.4 Å². The highest BCUT2D eigenvalue weighted by Gasteiger charge is 2.48. The van der Waals surface area contributed by atoms with Crippen LogP contribution in [0.2, 0.25) is 0 Å². The number of carbonyl (C=O) groups excluding carboxylic acids is 2. The Kier molecular flexibility index (Phi) is 13.3. The highest BCUT2D eigenvalue weighted by Crippen LogP contribution is 2.43. The second-order valence-electron chi connectivity index (χ2n) is 13.7. The second kappa shape index (κ2) is 18.4. The largest absolute Gasteiger partial charge is 0.507 e. The van der Waals surface area contributed by atoms with Gasteiger partial charge in [0, 0.05) is 24.3 Å². The molecule has 2 aliphatic heterocycles. The third-order valence-electron chi connectivity index (χ3n) is 9.37. The number of hydrogen-bond acceptors (Lipinski definition) is 20. The molecule has 4 aromatic rings. The first-order valence-corrected chi connectivity index (χ1v) is 18.0. The van der Waals surface area contributed by atoms with Gasteiger partial charge in [0.15, 0.2) is 23.0 Å². The summed E-state index contributed by atoms with van der Waals surface area (Å²) in [4.78, 5) is 35.2. The lowest BCUT2D eigenvalue weighted by atomic mass is 9.99. The van der Waals surface area contributed by atoms with E-state index in [1.807, 2.05) is 0 Å². The Morgan fingerprint density at radius 2 is 1.21 bits per heavy atom. The predicted octanol–water partition coefficient (Wildman–Crippen LogP) is -0.444. The predicted molar refractivity (Wildman–Crippen MR) is 199 cm³/mol. The molecule has 61 heavy (non-hydrogen) atoms. The number of carboxylic acids is 1. The van der Waals surface area contributed by atoms with Crippen LogP contribution >= 0.6 is 0 Å². The molecule has 12 N–H and O–H groups in total. The summed E-state index contributed by atoms with van der Waals surface area (Å²) in [6.07, 6.45) is -17.2. The Bertz CT molecular complexity index is 2300. The van der Waals surface area contributed by atoms with Crippen LogP contribution in [0.1, 0.15) is 12.0 Å². The van der Waals surface area contributed by atoms with Crippen LogP contribution in [0.5, 0.6) is 40.2 Å². The molecule has 22 heteroatoms. The Labute approximate surface area is 342 Å². The molecule has 3 heterocycles. The number of carboxylic acid groups (broad SMARTS) is 1. The Balaban J connectivity index is 1.29. The first kappa shape index (κ1) is 44.1. The van der Waals surface area contributed by atoms with Gasteiger partial charge in [-0.1, -0.05) is 6.07 Å². The van der Waals surface area contributed by atoms with Gasteiger partial charge in [-0.15, -0.1) is 0 Å². The fourth-order valence-corrected chi connectivity index (χ4v) is 6.15. The van der Waals surface area contributed by atoms with Crippen molar-refractivity contribution < 1.29 is 109 Å². The van der Waals surface area contributed by atoms with Gasteiger partial charge in [-0.3, -0.25) is 9.59 Å². The molecule has 22 nitrogen and oxygen atoms in total. The SMILES string of the molecule is O=C(O)CC(=O)OCC1OC(Oc2cc(O)cc3[o+]c(-c4ccc(O)c(O)c4)c(OC4OC(COC(=O)C=Cc5ccc(O)c(O)c5)C(O)C(O)C4O)cc23)C(O)C(O)C1O. The van der Waals surface area contributed by atoms with E-state index in [1.54, 1.807) is 0 Å². The van der Waals surface area contributed by atoms with E-state index in [0.717, 1.165) is 30.3 Å². The van der Waals surface area contributed by atoms with Crippen LogP contribution in [0.15, 0.2) is 65.1 Å². The monoisotopic (exact) mass is 859 g/mol. The zero-order valence-electron chi connectivity index (χ0n) is 31.2. The van der Waals surface area contributed by atoms with Crippen LogP contribution in [0, 0.1) is 0 Å². The number of hydrogen-bond donors (Lipinski definition) is 12. The highest BCUT2D eigenvalue weighted by atomic mass is 16.7. The molecule has 2 fully saturated rings. The van der Waals surface area contributed by atoms with E-state index in [1.165, 1.54) is 36.4 Å². The van der Waals surface area contributed by atoms with Gasteiger partial charge in [0.25, 0.3) is 0 Å². The van der Waals surface area contributed by atoms with Crippen molar-refractivity contribution in [3.63, 3.8) is 0 Å². The summed E-state index contributed by atoms with van der Waals surface area (Å²) in [5.41, 5.74) is 0.151. The zero-order valence-corrected chi connectivity index (χ0v) is 31.2. The van der Waals surface area contributed by atoms with Crippen molar-refractivity contribution in [2.45, 2.75) is 67.8 Å². The first-order chi connectivity index (χ1) is 28.9. The van der Waals surface area contributed by atoms with E-state index >= 15 is 0 Å². The minimum absolute atomic E-state index is 0.0199. The standard InChI is InChI=1S/C39H38O22/c40-17-9-23-18(24(10-17)58-38-35(53)33(51)32(50)27(60-38)14-56-30(48)12-28(45)46)11-25(37(57-23)16-3-5-20(42)22(44)8-16)59-39-36(54)34(52)31(49)26(61-39)13-55-29(47)6-2-15-1-4-19(41)21(43)7-15/h1-11,26-27,31-36,38-39,49-54H,12-14H2,(H5-,40,41,42,43,44,45,46,47)/p+1. The molecule has 2 aliphatic rings. The number of esters is 2. The minimum Gasteiger partial charge on any atom is -0.507 e. The van der Waals surface area contributed by atoms with Crippen LogP contribution in [-0.4, -0.2) is 154 Å². The van der Waals surface area contributed by atoms with Crippen molar-refractivity contribution in [3.8, 4) is 51.6 Å². The lowest BCUT2D eigenvalue weighted by Crippen LogP contribution is -2.60. The number of fused-ring (bicyclic) bond motifs is 1. The molecule has 0 saturated carbocycles. The summed E-state index contributed by atoms with van der Waals surface area (Å²) in [6.45, 7) is -1.48. The molecule has 0 bridgehead atoms. The molecule has 2 saturated heterocycles. The number of ether oxygens (including phenoxy) is 6. The Morgan fingerprint density at radius 1 is 0.639 bits per heavy atom. The number of rotatable bonds is 13. The van der Waals surface area contributed by atoms with E-state index in [4.69, 9.17) is 37.9 Å². The fourth-order valence-electron chi connectivity index (χ4n) is 6.15. The lowest BCUT2D eigenvalue weighted by molar-refractivity contribution is -0.278. The quantitative estimate of drug-likeness (QED) is 0.0266. The number of aliphatic hydroxyl groups excluding tert-OH is 6. The Hall–Kier alpha value is -6.50. The first-order valence-electron chi connectivity index (χ1n) is 18.0. The maximum atomic E-state index is 12.5.